The highest BCUT2D eigenvalue weighted by Crippen LogP contribution is 2.25. The highest BCUT2D eigenvalue weighted by Gasteiger charge is 2.11. The molecule has 0 spiro atoms. The second-order valence-electron chi connectivity index (χ2n) is 5.64. The van der Waals surface area contributed by atoms with Gasteiger partial charge in [0.25, 0.3) is 0 Å². The number of anilines is 2. The Labute approximate surface area is 126 Å². The van der Waals surface area contributed by atoms with E-state index >= 15 is 0 Å². The summed E-state index contributed by atoms with van der Waals surface area (Å²) in [4.78, 5) is 12.8. The van der Waals surface area contributed by atoms with E-state index < -0.39 is 0 Å². The summed E-state index contributed by atoms with van der Waals surface area (Å²) in [5.41, 5.74) is 9.05. The standard InChI is InChI=1S/C16H23N5/c1-11(20(2)3)12-7-6-8-13(9-12)14-10-15(17)19-16(18-14)21(4)5/h6-11H,1-5H3,(H2,17,18,19)/t11-/m1/s1. The monoisotopic (exact) mass is 285 g/mol. The number of hydrogen-bond donors (Lipinski definition) is 1. The van der Waals surface area contributed by atoms with E-state index in [1.807, 2.05) is 31.1 Å². The summed E-state index contributed by atoms with van der Waals surface area (Å²) < 4.78 is 0. The van der Waals surface area contributed by atoms with E-state index in [4.69, 9.17) is 5.73 Å². The SMILES string of the molecule is C[C@H](c1cccc(-c2cc(N)nc(N(C)C)n2)c1)N(C)C. The lowest BCUT2D eigenvalue weighted by Gasteiger charge is -2.20. The van der Waals surface area contributed by atoms with Gasteiger partial charge in [-0.05, 0) is 32.6 Å². The second kappa shape index (κ2) is 6.10. The Kier molecular flexibility index (Phi) is 4.43. The fourth-order valence-electron chi connectivity index (χ4n) is 2.06. The first-order valence-electron chi connectivity index (χ1n) is 6.97. The molecule has 0 saturated heterocycles. The molecule has 5 nitrogen and oxygen atoms in total. The van der Waals surface area contributed by atoms with Crippen molar-refractivity contribution >= 4 is 11.8 Å². The molecule has 0 unspecified atom stereocenters. The molecule has 0 radical (unpaired) electrons. The van der Waals surface area contributed by atoms with Gasteiger partial charge in [-0.1, -0.05) is 18.2 Å². The lowest BCUT2D eigenvalue weighted by atomic mass is 10.0. The summed E-state index contributed by atoms with van der Waals surface area (Å²) in [6, 6.07) is 10.5. The Hall–Kier alpha value is -2.14. The van der Waals surface area contributed by atoms with E-state index in [0.717, 1.165) is 11.3 Å². The molecule has 1 aromatic heterocycles. The smallest absolute Gasteiger partial charge is 0.227 e. The molecule has 0 fully saturated rings. The van der Waals surface area contributed by atoms with Gasteiger partial charge < -0.3 is 15.5 Å². The zero-order chi connectivity index (χ0) is 15.6. The first-order chi connectivity index (χ1) is 9.88. The summed E-state index contributed by atoms with van der Waals surface area (Å²) >= 11 is 0. The molecule has 1 atom stereocenters. The maximum Gasteiger partial charge on any atom is 0.227 e. The summed E-state index contributed by atoms with van der Waals surface area (Å²) in [5, 5.41) is 0. The van der Waals surface area contributed by atoms with Crippen molar-refractivity contribution in [3.05, 3.63) is 35.9 Å². The van der Waals surface area contributed by atoms with Crippen molar-refractivity contribution < 1.29 is 0 Å². The van der Waals surface area contributed by atoms with Crippen molar-refractivity contribution in [2.24, 2.45) is 0 Å². The van der Waals surface area contributed by atoms with Gasteiger partial charge in [0, 0.05) is 31.8 Å². The number of benzene rings is 1. The van der Waals surface area contributed by atoms with Crippen molar-refractivity contribution in [1.82, 2.24) is 14.9 Å². The summed E-state index contributed by atoms with van der Waals surface area (Å²) in [6.07, 6.45) is 0. The van der Waals surface area contributed by atoms with E-state index in [1.165, 1.54) is 5.56 Å². The molecule has 2 rings (SSSR count). The van der Waals surface area contributed by atoms with Crippen LogP contribution in [0.25, 0.3) is 11.3 Å². The highest BCUT2D eigenvalue weighted by atomic mass is 15.2. The van der Waals surface area contributed by atoms with E-state index in [9.17, 15) is 0 Å². The Bertz CT molecular complexity index is 622. The molecule has 1 aromatic carbocycles. The molecule has 0 saturated carbocycles. The average molecular weight is 285 g/mol. The minimum atomic E-state index is 0.345. The van der Waals surface area contributed by atoms with Gasteiger partial charge in [0.05, 0.1) is 5.69 Å². The van der Waals surface area contributed by atoms with Crippen molar-refractivity contribution in [3.8, 4) is 11.3 Å². The largest absolute Gasteiger partial charge is 0.384 e. The third-order valence-electron chi connectivity index (χ3n) is 3.57. The minimum absolute atomic E-state index is 0.345. The van der Waals surface area contributed by atoms with E-state index in [1.54, 1.807) is 0 Å². The first kappa shape index (κ1) is 15.3. The first-order valence-corrected chi connectivity index (χ1v) is 6.97. The molecule has 2 N–H and O–H groups in total. The summed E-state index contributed by atoms with van der Waals surface area (Å²) in [6.45, 7) is 2.18. The maximum absolute atomic E-state index is 5.89. The minimum Gasteiger partial charge on any atom is -0.384 e. The van der Waals surface area contributed by atoms with Crippen LogP contribution in [0.1, 0.15) is 18.5 Å². The topological polar surface area (TPSA) is 58.3 Å². The molecular weight excluding hydrogens is 262 g/mol. The van der Waals surface area contributed by atoms with Crippen molar-refractivity contribution in [1.29, 1.82) is 0 Å². The van der Waals surface area contributed by atoms with Crippen LogP contribution in [0.5, 0.6) is 0 Å². The quantitative estimate of drug-likeness (QED) is 0.935. The molecule has 0 aliphatic heterocycles. The number of nitrogens with two attached hydrogens (primary N) is 1. The predicted octanol–water partition coefficient (Wildman–Crippen LogP) is 2.41. The van der Waals surface area contributed by atoms with Crippen molar-refractivity contribution in [3.63, 3.8) is 0 Å². The molecule has 0 aliphatic rings. The zero-order valence-corrected chi connectivity index (χ0v) is 13.3. The van der Waals surface area contributed by atoms with Gasteiger partial charge in [0.1, 0.15) is 5.82 Å². The number of rotatable bonds is 4. The van der Waals surface area contributed by atoms with E-state index in [-0.39, 0.29) is 0 Å². The van der Waals surface area contributed by atoms with Crippen LogP contribution in [-0.4, -0.2) is 43.1 Å². The third kappa shape index (κ3) is 3.49. The lowest BCUT2D eigenvalue weighted by Crippen LogP contribution is -2.16. The van der Waals surface area contributed by atoms with E-state index in [0.29, 0.717) is 17.8 Å². The van der Waals surface area contributed by atoms with Crippen molar-refractivity contribution in [2.75, 3.05) is 38.8 Å². The Morgan fingerprint density at radius 3 is 2.38 bits per heavy atom. The number of aromatic nitrogens is 2. The van der Waals surface area contributed by atoms with Crippen LogP contribution >= 0.6 is 0 Å². The van der Waals surface area contributed by atoms with Crippen LogP contribution in [0.3, 0.4) is 0 Å². The van der Waals surface area contributed by atoms with Crippen LogP contribution < -0.4 is 10.6 Å². The zero-order valence-electron chi connectivity index (χ0n) is 13.3. The normalized spacial score (nSPS) is 12.5. The average Bonchev–Trinajstić information content (AvgIpc) is 2.45. The van der Waals surface area contributed by atoms with Gasteiger partial charge in [-0.3, -0.25) is 0 Å². The van der Waals surface area contributed by atoms with Crippen LogP contribution in [0.2, 0.25) is 0 Å². The molecule has 5 heteroatoms. The molecular formula is C16H23N5. The summed E-state index contributed by atoms with van der Waals surface area (Å²) in [5.74, 6) is 1.10. The van der Waals surface area contributed by atoms with Crippen LogP contribution in [-0.2, 0) is 0 Å². The van der Waals surface area contributed by atoms with E-state index in [2.05, 4.69) is 54.1 Å². The predicted molar refractivity (Wildman–Crippen MR) is 88.3 cm³/mol. The number of hydrogen-bond acceptors (Lipinski definition) is 5. The number of nitrogens with zero attached hydrogens (tertiary/aromatic N) is 4. The fraction of sp³-hybridized carbons (Fsp3) is 0.375. The molecule has 0 aliphatic carbocycles. The third-order valence-corrected chi connectivity index (χ3v) is 3.57. The second-order valence-corrected chi connectivity index (χ2v) is 5.64. The van der Waals surface area contributed by atoms with Gasteiger partial charge in [0.15, 0.2) is 0 Å². The van der Waals surface area contributed by atoms with Crippen molar-refractivity contribution in [2.45, 2.75) is 13.0 Å². The van der Waals surface area contributed by atoms with Crippen LogP contribution in [0.4, 0.5) is 11.8 Å². The molecule has 0 bridgehead atoms. The molecule has 1 heterocycles. The van der Waals surface area contributed by atoms with Gasteiger partial charge in [0.2, 0.25) is 5.95 Å². The Balaban J connectivity index is 2.45. The van der Waals surface area contributed by atoms with Gasteiger partial charge in [-0.2, -0.15) is 4.98 Å². The Morgan fingerprint density at radius 2 is 1.76 bits per heavy atom. The Morgan fingerprint density at radius 1 is 1.05 bits per heavy atom. The highest BCUT2D eigenvalue weighted by molar-refractivity contribution is 5.64. The molecule has 21 heavy (non-hydrogen) atoms. The van der Waals surface area contributed by atoms with Gasteiger partial charge in [-0.15, -0.1) is 0 Å². The molecule has 112 valence electrons. The number of nitrogen functional groups attached to an aromatic ring is 1. The molecule has 2 aromatic rings. The molecule has 0 amide bonds. The fourth-order valence-corrected chi connectivity index (χ4v) is 2.06. The maximum atomic E-state index is 5.89. The van der Waals surface area contributed by atoms with Crippen LogP contribution in [0, 0.1) is 0 Å². The van der Waals surface area contributed by atoms with Crippen LogP contribution in [0.15, 0.2) is 30.3 Å². The van der Waals surface area contributed by atoms with Gasteiger partial charge >= 0.3 is 0 Å². The lowest BCUT2D eigenvalue weighted by molar-refractivity contribution is 0.321. The van der Waals surface area contributed by atoms with Gasteiger partial charge in [-0.25, -0.2) is 4.98 Å². The summed E-state index contributed by atoms with van der Waals surface area (Å²) in [7, 11) is 7.96.